The van der Waals surface area contributed by atoms with E-state index in [1.807, 2.05) is 45.0 Å². The van der Waals surface area contributed by atoms with Gasteiger partial charge in [-0.25, -0.2) is 0 Å². The zero-order valence-corrected chi connectivity index (χ0v) is 15.1. The van der Waals surface area contributed by atoms with Crippen LogP contribution in [0.15, 0.2) is 36.5 Å². The molecule has 0 spiro atoms. The van der Waals surface area contributed by atoms with E-state index >= 15 is 0 Å². The van der Waals surface area contributed by atoms with Crippen LogP contribution in [0, 0.1) is 0 Å². The molecule has 0 saturated carbocycles. The molecule has 0 aliphatic carbocycles. The number of nitrogens with zero attached hydrogens (tertiary/aromatic N) is 1. The van der Waals surface area contributed by atoms with E-state index in [0.29, 0.717) is 16.9 Å². The Kier molecular flexibility index (Phi) is 5.41. The molecule has 2 aromatic rings. The van der Waals surface area contributed by atoms with E-state index in [2.05, 4.69) is 15.6 Å². The highest BCUT2D eigenvalue weighted by Gasteiger charge is 2.20. The standard InChI is InChI=1S/C19H23N3O3/c1-19(2,3)22-18(24)16-10-14(15(11-21-16)17(23)20-4)12-7-6-8-13(9-12)25-5/h6-11H,1-5H3,(H,20,23)(H,22,24). The SMILES string of the molecule is CNC(=O)c1cnc(C(=O)NC(C)(C)C)cc1-c1cccc(OC)c1. The Morgan fingerprint density at radius 3 is 2.44 bits per heavy atom. The number of rotatable bonds is 4. The van der Waals surface area contributed by atoms with E-state index in [-0.39, 0.29) is 23.0 Å². The lowest BCUT2D eigenvalue weighted by molar-refractivity contribution is 0.0911. The molecule has 0 aliphatic rings. The Hall–Kier alpha value is -2.89. The van der Waals surface area contributed by atoms with Gasteiger partial charge in [-0.3, -0.25) is 14.6 Å². The summed E-state index contributed by atoms with van der Waals surface area (Å²) in [5, 5.41) is 5.47. The van der Waals surface area contributed by atoms with Gasteiger partial charge in [0.25, 0.3) is 11.8 Å². The second kappa shape index (κ2) is 7.34. The zero-order valence-electron chi connectivity index (χ0n) is 15.1. The Balaban J connectivity index is 2.55. The maximum absolute atomic E-state index is 12.4. The van der Waals surface area contributed by atoms with E-state index in [1.54, 1.807) is 20.2 Å². The maximum atomic E-state index is 12.4. The molecule has 6 heteroatoms. The number of benzene rings is 1. The molecule has 0 bridgehead atoms. The highest BCUT2D eigenvalue weighted by Crippen LogP contribution is 2.27. The molecule has 6 nitrogen and oxygen atoms in total. The van der Waals surface area contributed by atoms with Crippen LogP contribution in [0.25, 0.3) is 11.1 Å². The van der Waals surface area contributed by atoms with Crippen LogP contribution >= 0.6 is 0 Å². The molecule has 2 amide bonds. The molecule has 0 atom stereocenters. The molecular weight excluding hydrogens is 318 g/mol. The topological polar surface area (TPSA) is 80.3 Å². The van der Waals surface area contributed by atoms with E-state index in [9.17, 15) is 9.59 Å². The maximum Gasteiger partial charge on any atom is 0.270 e. The fourth-order valence-electron chi connectivity index (χ4n) is 2.33. The van der Waals surface area contributed by atoms with Crippen molar-refractivity contribution in [3.63, 3.8) is 0 Å². The monoisotopic (exact) mass is 341 g/mol. The lowest BCUT2D eigenvalue weighted by atomic mass is 9.99. The van der Waals surface area contributed by atoms with Crippen LogP contribution in [0.5, 0.6) is 5.75 Å². The van der Waals surface area contributed by atoms with Crippen molar-refractivity contribution in [2.45, 2.75) is 26.3 Å². The summed E-state index contributed by atoms with van der Waals surface area (Å²) in [5.74, 6) is 0.103. The number of ether oxygens (including phenoxy) is 1. The van der Waals surface area contributed by atoms with Crippen LogP contribution < -0.4 is 15.4 Å². The van der Waals surface area contributed by atoms with Gasteiger partial charge in [-0.05, 0) is 50.1 Å². The number of aromatic nitrogens is 1. The summed E-state index contributed by atoms with van der Waals surface area (Å²) >= 11 is 0. The summed E-state index contributed by atoms with van der Waals surface area (Å²) < 4.78 is 5.25. The largest absolute Gasteiger partial charge is 0.497 e. The van der Waals surface area contributed by atoms with Gasteiger partial charge in [0.05, 0.1) is 12.7 Å². The van der Waals surface area contributed by atoms with Gasteiger partial charge in [0, 0.05) is 18.8 Å². The predicted molar refractivity (Wildman–Crippen MR) is 96.8 cm³/mol. The number of amides is 2. The number of carbonyl (C=O) groups is 2. The van der Waals surface area contributed by atoms with Gasteiger partial charge in [0.1, 0.15) is 11.4 Å². The summed E-state index contributed by atoms with van der Waals surface area (Å²) in [7, 11) is 3.13. The van der Waals surface area contributed by atoms with Crippen LogP contribution in [-0.4, -0.2) is 36.5 Å². The molecule has 2 rings (SSSR count). The predicted octanol–water partition coefficient (Wildman–Crippen LogP) is 2.65. The van der Waals surface area contributed by atoms with E-state index in [4.69, 9.17) is 4.74 Å². The number of nitrogens with one attached hydrogen (secondary N) is 2. The van der Waals surface area contributed by atoms with Crippen molar-refractivity contribution < 1.29 is 14.3 Å². The summed E-state index contributed by atoms with van der Waals surface area (Å²) in [6.07, 6.45) is 1.42. The smallest absolute Gasteiger partial charge is 0.270 e. The number of carbonyl (C=O) groups excluding carboxylic acids is 2. The summed E-state index contributed by atoms with van der Waals surface area (Å²) in [6.45, 7) is 5.69. The Morgan fingerprint density at radius 1 is 1.12 bits per heavy atom. The van der Waals surface area contributed by atoms with Crippen molar-refractivity contribution in [2.75, 3.05) is 14.2 Å². The van der Waals surface area contributed by atoms with Crippen LogP contribution in [0.2, 0.25) is 0 Å². The Bertz CT molecular complexity index is 795. The first-order valence-electron chi connectivity index (χ1n) is 7.94. The van der Waals surface area contributed by atoms with E-state index in [0.717, 1.165) is 5.56 Å². The highest BCUT2D eigenvalue weighted by atomic mass is 16.5. The van der Waals surface area contributed by atoms with Crippen molar-refractivity contribution in [3.8, 4) is 16.9 Å². The Labute approximate surface area is 147 Å². The third kappa shape index (κ3) is 4.56. The first-order valence-corrected chi connectivity index (χ1v) is 7.94. The molecule has 0 saturated heterocycles. The van der Waals surface area contributed by atoms with Gasteiger partial charge in [0.2, 0.25) is 0 Å². The molecule has 0 fully saturated rings. The second-order valence-corrected chi connectivity index (χ2v) is 6.63. The van der Waals surface area contributed by atoms with Gasteiger partial charge < -0.3 is 15.4 Å². The molecule has 1 aromatic heterocycles. The summed E-state index contributed by atoms with van der Waals surface area (Å²) in [6, 6.07) is 8.94. The third-order valence-corrected chi connectivity index (χ3v) is 3.48. The lowest BCUT2D eigenvalue weighted by Crippen LogP contribution is -2.41. The molecule has 0 aliphatic heterocycles. The molecule has 0 unspecified atom stereocenters. The average Bonchev–Trinajstić information content (AvgIpc) is 2.59. The van der Waals surface area contributed by atoms with Crippen molar-refractivity contribution in [2.24, 2.45) is 0 Å². The highest BCUT2D eigenvalue weighted by molar-refractivity contribution is 6.02. The summed E-state index contributed by atoms with van der Waals surface area (Å²) in [5.41, 5.74) is 1.65. The van der Waals surface area contributed by atoms with Crippen molar-refractivity contribution >= 4 is 11.8 Å². The minimum absolute atomic E-state index is 0.250. The van der Waals surface area contributed by atoms with Crippen molar-refractivity contribution in [1.82, 2.24) is 15.6 Å². The Morgan fingerprint density at radius 2 is 1.84 bits per heavy atom. The average molecular weight is 341 g/mol. The van der Waals surface area contributed by atoms with E-state index < -0.39 is 0 Å². The zero-order chi connectivity index (χ0) is 18.6. The van der Waals surface area contributed by atoms with Gasteiger partial charge >= 0.3 is 0 Å². The first kappa shape index (κ1) is 18.4. The molecule has 2 N–H and O–H groups in total. The van der Waals surface area contributed by atoms with Crippen molar-refractivity contribution in [1.29, 1.82) is 0 Å². The summed E-state index contributed by atoms with van der Waals surface area (Å²) in [4.78, 5) is 28.8. The number of hydrogen-bond acceptors (Lipinski definition) is 4. The minimum Gasteiger partial charge on any atom is -0.497 e. The van der Waals surface area contributed by atoms with Crippen molar-refractivity contribution in [3.05, 3.63) is 47.8 Å². The van der Waals surface area contributed by atoms with Gasteiger partial charge in [-0.15, -0.1) is 0 Å². The molecule has 132 valence electrons. The molecule has 1 heterocycles. The molecule has 25 heavy (non-hydrogen) atoms. The number of methoxy groups -OCH3 is 1. The quantitative estimate of drug-likeness (QED) is 0.896. The fourth-order valence-corrected chi connectivity index (χ4v) is 2.33. The van der Waals surface area contributed by atoms with Crippen LogP contribution in [0.3, 0.4) is 0 Å². The van der Waals surface area contributed by atoms with Gasteiger partial charge in [-0.1, -0.05) is 12.1 Å². The third-order valence-electron chi connectivity index (χ3n) is 3.48. The molecule has 1 aromatic carbocycles. The van der Waals surface area contributed by atoms with Gasteiger partial charge in [-0.2, -0.15) is 0 Å². The minimum atomic E-state index is -0.381. The van der Waals surface area contributed by atoms with Crippen LogP contribution in [0.1, 0.15) is 41.6 Å². The number of hydrogen-bond donors (Lipinski definition) is 2. The first-order chi connectivity index (χ1) is 11.7. The lowest BCUT2D eigenvalue weighted by Gasteiger charge is -2.20. The molecule has 0 radical (unpaired) electrons. The van der Waals surface area contributed by atoms with Crippen LogP contribution in [0.4, 0.5) is 0 Å². The van der Waals surface area contributed by atoms with Crippen LogP contribution in [-0.2, 0) is 0 Å². The molecular formula is C19H23N3O3. The van der Waals surface area contributed by atoms with E-state index in [1.165, 1.54) is 6.20 Å². The number of pyridine rings is 1. The van der Waals surface area contributed by atoms with Gasteiger partial charge in [0.15, 0.2) is 0 Å². The fraction of sp³-hybridized carbons (Fsp3) is 0.316. The second-order valence-electron chi connectivity index (χ2n) is 6.63. The normalized spacial score (nSPS) is 10.9.